The van der Waals surface area contributed by atoms with Gasteiger partial charge in [0.2, 0.25) is 0 Å². The van der Waals surface area contributed by atoms with Crippen LogP contribution in [0.3, 0.4) is 0 Å². The molecule has 1 nitrogen and oxygen atoms in total. The smallest absolute Gasteiger partial charge is 0.0716 e. The molecule has 1 rings (SSSR count). The highest BCUT2D eigenvalue weighted by atomic mass is 16.5. The van der Waals surface area contributed by atoms with E-state index in [-0.39, 0.29) is 0 Å². The van der Waals surface area contributed by atoms with Crippen LogP contribution >= 0.6 is 0 Å². The molecule has 0 aliphatic rings. The molecule has 0 atom stereocenters. The van der Waals surface area contributed by atoms with Crippen molar-refractivity contribution in [3.05, 3.63) is 42.5 Å². The number of hydrogen-bond acceptors (Lipinski definition) is 1. The Bertz CT molecular complexity index is 264. The standard InChI is InChI=1S/C13H18O/c1-3-4-10-14-11-12(2)13-8-6-5-7-9-13/h5-9H,2-4,10-11H2,1H3. The minimum absolute atomic E-state index is 0.643. The van der Waals surface area contributed by atoms with Crippen LogP contribution in [0.1, 0.15) is 25.3 Å². The number of benzene rings is 1. The van der Waals surface area contributed by atoms with E-state index in [1.54, 1.807) is 0 Å². The van der Waals surface area contributed by atoms with Crippen LogP contribution in [-0.4, -0.2) is 13.2 Å². The Morgan fingerprint density at radius 2 is 2.00 bits per heavy atom. The summed E-state index contributed by atoms with van der Waals surface area (Å²) in [5.41, 5.74) is 2.23. The Kier molecular flexibility index (Phi) is 5.02. The van der Waals surface area contributed by atoms with Crippen LogP contribution in [0.15, 0.2) is 36.9 Å². The maximum atomic E-state index is 5.49. The lowest BCUT2D eigenvalue weighted by Crippen LogP contribution is -1.98. The van der Waals surface area contributed by atoms with Gasteiger partial charge in [-0.25, -0.2) is 0 Å². The highest BCUT2D eigenvalue weighted by molar-refractivity contribution is 5.63. The maximum absolute atomic E-state index is 5.49. The molecule has 0 amide bonds. The summed E-state index contributed by atoms with van der Waals surface area (Å²) in [6.45, 7) is 7.64. The van der Waals surface area contributed by atoms with Gasteiger partial charge in [0.1, 0.15) is 0 Å². The monoisotopic (exact) mass is 190 g/mol. The van der Waals surface area contributed by atoms with Crippen LogP contribution in [0.2, 0.25) is 0 Å². The van der Waals surface area contributed by atoms with Crippen molar-refractivity contribution < 1.29 is 4.74 Å². The molecule has 0 aliphatic heterocycles. The van der Waals surface area contributed by atoms with E-state index in [2.05, 4.69) is 25.6 Å². The predicted octanol–water partition coefficient (Wildman–Crippen LogP) is 3.52. The average Bonchev–Trinajstić information content (AvgIpc) is 2.25. The lowest BCUT2D eigenvalue weighted by molar-refractivity contribution is 0.164. The van der Waals surface area contributed by atoms with E-state index in [0.29, 0.717) is 6.61 Å². The molecule has 0 spiro atoms. The molecule has 1 aromatic rings. The summed E-state index contributed by atoms with van der Waals surface area (Å²) in [6.07, 6.45) is 2.31. The molecule has 0 heterocycles. The van der Waals surface area contributed by atoms with Gasteiger partial charge >= 0.3 is 0 Å². The Labute approximate surface area is 86.4 Å². The van der Waals surface area contributed by atoms with Crippen LogP contribution in [0.25, 0.3) is 5.57 Å². The minimum atomic E-state index is 0.643. The summed E-state index contributed by atoms with van der Waals surface area (Å²) in [4.78, 5) is 0. The van der Waals surface area contributed by atoms with E-state index in [0.717, 1.165) is 18.6 Å². The molecular weight excluding hydrogens is 172 g/mol. The molecule has 1 aromatic carbocycles. The SMILES string of the molecule is C=C(COCCCC)c1ccccc1. The van der Waals surface area contributed by atoms with Crippen LogP contribution in [0.5, 0.6) is 0 Å². The van der Waals surface area contributed by atoms with Crippen molar-refractivity contribution in [2.45, 2.75) is 19.8 Å². The van der Waals surface area contributed by atoms with Gasteiger partial charge in [0.15, 0.2) is 0 Å². The van der Waals surface area contributed by atoms with E-state index in [1.807, 2.05) is 18.2 Å². The van der Waals surface area contributed by atoms with Gasteiger partial charge in [-0.2, -0.15) is 0 Å². The van der Waals surface area contributed by atoms with Crippen LogP contribution in [0.4, 0.5) is 0 Å². The second kappa shape index (κ2) is 6.39. The average molecular weight is 190 g/mol. The van der Waals surface area contributed by atoms with Gasteiger partial charge in [-0.05, 0) is 17.6 Å². The summed E-state index contributed by atoms with van der Waals surface area (Å²) in [5, 5.41) is 0. The van der Waals surface area contributed by atoms with E-state index in [1.165, 1.54) is 12.0 Å². The van der Waals surface area contributed by atoms with Crippen molar-refractivity contribution in [3.63, 3.8) is 0 Å². The third-order valence-corrected chi connectivity index (χ3v) is 2.10. The van der Waals surface area contributed by atoms with Gasteiger partial charge in [0.05, 0.1) is 6.61 Å². The van der Waals surface area contributed by atoms with Gasteiger partial charge in [-0.1, -0.05) is 50.3 Å². The molecule has 76 valence electrons. The molecule has 0 fully saturated rings. The first-order valence-electron chi connectivity index (χ1n) is 5.15. The van der Waals surface area contributed by atoms with Gasteiger partial charge in [0.25, 0.3) is 0 Å². The molecule has 0 bridgehead atoms. The van der Waals surface area contributed by atoms with Crippen molar-refractivity contribution >= 4 is 5.57 Å². The minimum Gasteiger partial charge on any atom is -0.377 e. The zero-order valence-corrected chi connectivity index (χ0v) is 8.83. The summed E-state index contributed by atoms with van der Waals surface area (Å²) in [5.74, 6) is 0. The van der Waals surface area contributed by atoms with Crippen LogP contribution in [-0.2, 0) is 4.74 Å². The summed E-state index contributed by atoms with van der Waals surface area (Å²) >= 11 is 0. The summed E-state index contributed by atoms with van der Waals surface area (Å²) < 4.78 is 5.49. The molecule has 0 aliphatic carbocycles. The summed E-state index contributed by atoms with van der Waals surface area (Å²) in [6, 6.07) is 10.2. The Balaban J connectivity index is 2.29. The first-order valence-corrected chi connectivity index (χ1v) is 5.15. The quantitative estimate of drug-likeness (QED) is 0.624. The first kappa shape index (κ1) is 11.0. The number of rotatable bonds is 6. The molecule has 0 radical (unpaired) electrons. The normalized spacial score (nSPS) is 10.1. The third kappa shape index (κ3) is 3.75. The fourth-order valence-corrected chi connectivity index (χ4v) is 1.20. The van der Waals surface area contributed by atoms with E-state index in [9.17, 15) is 0 Å². The molecule has 0 saturated heterocycles. The second-order valence-electron chi connectivity index (χ2n) is 3.38. The van der Waals surface area contributed by atoms with E-state index < -0.39 is 0 Å². The van der Waals surface area contributed by atoms with Crippen molar-refractivity contribution in [3.8, 4) is 0 Å². The lowest BCUT2D eigenvalue weighted by Gasteiger charge is -2.06. The Morgan fingerprint density at radius 3 is 2.64 bits per heavy atom. The summed E-state index contributed by atoms with van der Waals surface area (Å²) in [7, 11) is 0. The molecule has 14 heavy (non-hydrogen) atoms. The Morgan fingerprint density at radius 1 is 1.29 bits per heavy atom. The predicted molar refractivity (Wildman–Crippen MR) is 61.2 cm³/mol. The van der Waals surface area contributed by atoms with Gasteiger partial charge in [-0.15, -0.1) is 0 Å². The molecule has 0 aromatic heterocycles. The van der Waals surface area contributed by atoms with E-state index >= 15 is 0 Å². The van der Waals surface area contributed by atoms with Gasteiger partial charge in [0, 0.05) is 6.61 Å². The first-order chi connectivity index (χ1) is 6.84. The van der Waals surface area contributed by atoms with Crippen molar-refractivity contribution in [2.24, 2.45) is 0 Å². The molecule has 0 saturated carbocycles. The van der Waals surface area contributed by atoms with E-state index in [4.69, 9.17) is 4.74 Å². The van der Waals surface area contributed by atoms with Gasteiger partial charge in [-0.3, -0.25) is 0 Å². The Hall–Kier alpha value is -1.08. The zero-order valence-electron chi connectivity index (χ0n) is 8.83. The molecule has 1 heteroatoms. The number of ether oxygens (including phenoxy) is 1. The highest BCUT2D eigenvalue weighted by Gasteiger charge is 1.97. The molecular formula is C13H18O. The van der Waals surface area contributed by atoms with Crippen molar-refractivity contribution in [1.82, 2.24) is 0 Å². The van der Waals surface area contributed by atoms with Crippen molar-refractivity contribution in [1.29, 1.82) is 0 Å². The zero-order chi connectivity index (χ0) is 10.2. The topological polar surface area (TPSA) is 9.23 Å². The fraction of sp³-hybridized carbons (Fsp3) is 0.385. The lowest BCUT2D eigenvalue weighted by atomic mass is 10.1. The third-order valence-electron chi connectivity index (χ3n) is 2.10. The number of unbranched alkanes of at least 4 members (excludes halogenated alkanes) is 1. The van der Waals surface area contributed by atoms with Crippen LogP contribution < -0.4 is 0 Å². The van der Waals surface area contributed by atoms with Crippen molar-refractivity contribution in [2.75, 3.05) is 13.2 Å². The second-order valence-corrected chi connectivity index (χ2v) is 3.38. The highest BCUT2D eigenvalue weighted by Crippen LogP contribution is 2.11. The maximum Gasteiger partial charge on any atom is 0.0716 e. The van der Waals surface area contributed by atoms with Gasteiger partial charge < -0.3 is 4.74 Å². The number of hydrogen-bond donors (Lipinski definition) is 0. The molecule has 0 unspecified atom stereocenters. The fourth-order valence-electron chi connectivity index (χ4n) is 1.20. The van der Waals surface area contributed by atoms with Crippen LogP contribution in [0, 0.1) is 0 Å². The largest absolute Gasteiger partial charge is 0.377 e. The molecule has 0 N–H and O–H groups in total.